The predicted molar refractivity (Wildman–Crippen MR) is 81.2 cm³/mol. The largest absolute Gasteiger partial charge is 0.457 e. The molecule has 25 heavy (non-hydrogen) atoms. The first-order chi connectivity index (χ1) is 11.4. The molecule has 0 radical (unpaired) electrons. The summed E-state index contributed by atoms with van der Waals surface area (Å²) in [6, 6.07) is 7.96. The van der Waals surface area contributed by atoms with E-state index in [1.165, 1.54) is 12.1 Å². The average molecular weight is 363 g/mol. The lowest BCUT2D eigenvalue weighted by Crippen LogP contribution is -2.56. The van der Waals surface area contributed by atoms with Gasteiger partial charge in [-0.3, -0.25) is 0 Å². The zero-order chi connectivity index (χ0) is 19.0. The number of aliphatic hydroxyl groups is 1. The second-order valence-electron chi connectivity index (χ2n) is 5.70. The van der Waals surface area contributed by atoms with Gasteiger partial charge in [0.15, 0.2) is 5.60 Å². The van der Waals surface area contributed by atoms with Crippen molar-refractivity contribution in [3.63, 3.8) is 0 Å². The summed E-state index contributed by atoms with van der Waals surface area (Å²) in [5, 5.41) is 10.5. The lowest BCUT2D eigenvalue weighted by atomic mass is 9.80. The molecule has 0 spiro atoms. The highest BCUT2D eigenvalue weighted by Crippen LogP contribution is 2.52. The van der Waals surface area contributed by atoms with E-state index in [0.29, 0.717) is 17.8 Å². The minimum Gasteiger partial charge on any atom is -0.378 e. The van der Waals surface area contributed by atoms with E-state index in [4.69, 9.17) is 0 Å². The minimum absolute atomic E-state index is 0.509. The molecule has 0 heterocycles. The van der Waals surface area contributed by atoms with Gasteiger partial charge in [-0.15, -0.1) is 0 Å². The summed E-state index contributed by atoms with van der Waals surface area (Å²) in [5.74, 6) is -6.99. The minimum atomic E-state index is -6.09. The van der Waals surface area contributed by atoms with E-state index in [1.807, 2.05) is 0 Å². The van der Waals surface area contributed by atoms with E-state index in [9.17, 15) is 31.4 Å². The maximum absolute atomic E-state index is 14.2. The molecule has 8 heteroatoms. The first kappa shape index (κ1) is 19.1. The first-order valence-electron chi connectivity index (χ1n) is 7.12. The van der Waals surface area contributed by atoms with Crippen LogP contribution in [0, 0.1) is 5.82 Å². The lowest BCUT2D eigenvalue weighted by Gasteiger charge is -2.37. The van der Waals surface area contributed by atoms with Gasteiger partial charge >= 0.3 is 12.1 Å². The summed E-state index contributed by atoms with van der Waals surface area (Å²) in [6.07, 6.45) is -6.09. The van der Waals surface area contributed by atoms with Crippen molar-refractivity contribution in [1.82, 2.24) is 0 Å². The number of alkyl halides is 5. The monoisotopic (exact) mass is 363 g/mol. The molecule has 0 aliphatic heterocycles. The Morgan fingerprint density at radius 2 is 1.36 bits per heavy atom. The van der Waals surface area contributed by atoms with Gasteiger partial charge in [0.2, 0.25) is 0 Å². The maximum atomic E-state index is 14.2. The lowest BCUT2D eigenvalue weighted by molar-refractivity contribution is -0.337. The second kappa shape index (κ2) is 6.25. The van der Waals surface area contributed by atoms with Crippen LogP contribution in [0.4, 0.5) is 32.0 Å². The van der Waals surface area contributed by atoms with Crippen LogP contribution < -0.4 is 4.90 Å². The van der Waals surface area contributed by atoms with Crippen molar-refractivity contribution in [3.05, 3.63) is 65.5 Å². The standard InChI is InChI=1S/C17H15F6NO/c1-24(2)12-9-7-11(8-10-12)15(25,16(19,20)17(21,22)23)13-5-3-4-6-14(13)18/h3-10,25H,1-2H3. The van der Waals surface area contributed by atoms with Gasteiger partial charge in [0.25, 0.3) is 0 Å². The fourth-order valence-electron chi connectivity index (χ4n) is 2.47. The predicted octanol–water partition coefficient (Wildman–Crippen LogP) is 4.33. The molecule has 0 fully saturated rings. The highest BCUT2D eigenvalue weighted by atomic mass is 19.4. The highest BCUT2D eigenvalue weighted by molar-refractivity contribution is 5.50. The van der Waals surface area contributed by atoms with Gasteiger partial charge in [-0.2, -0.15) is 22.0 Å². The van der Waals surface area contributed by atoms with Crippen molar-refractivity contribution in [3.8, 4) is 0 Å². The van der Waals surface area contributed by atoms with Gasteiger partial charge in [-0.05, 0) is 23.8 Å². The van der Waals surface area contributed by atoms with Crippen molar-refractivity contribution < 1.29 is 31.4 Å². The topological polar surface area (TPSA) is 23.5 Å². The van der Waals surface area contributed by atoms with E-state index >= 15 is 0 Å². The second-order valence-corrected chi connectivity index (χ2v) is 5.70. The number of halogens is 6. The molecule has 1 N–H and O–H groups in total. The van der Waals surface area contributed by atoms with E-state index in [0.717, 1.165) is 24.3 Å². The van der Waals surface area contributed by atoms with E-state index < -0.39 is 34.6 Å². The average Bonchev–Trinajstić information content (AvgIpc) is 2.53. The van der Waals surface area contributed by atoms with Gasteiger partial charge in [-0.1, -0.05) is 30.3 Å². The quantitative estimate of drug-likeness (QED) is 0.818. The van der Waals surface area contributed by atoms with Crippen LogP contribution in [0.3, 0.4) is 0 Å². The van der Waals surface area contributed by atoms with Gasteiger partial charge in [-0.25, -0.2) is 4.39 Å². The fraction of sp³-hybridized carbons (Fsp3) is 0.294. The van der Waals surface area contributed by atoms with Crippen LogP contribution >= 0.6 is 0 Å². The van der Waals surface area contributed by atoms with E-state index in [-0.39, 0.29) is 0 Å². The van der Waals surface area contributed by atoms with Crippen LogP contribution in [0.25, 0.3) is 0 Å². The van der Waals surface area contributed by atoms with Gasteiger partial charge in [0.05, 0.1) is 0 Å². The third-order valence-electron chi connectivity index (χ3n) is 3.88. The highest BCUT2D eigenvalue weighted by Gasteiger charge is 2.71. The Morgan fingerprint density at radius 1 is 0.840 bits per heavy atom. The molecule has 2 nitrogen and oxygen atoms in total. The van der Waals surface area contributed by atoms with Crippen LogP contribution in [0.5, 0.6) is 0 Å². The molecule has 2 rings (SSSR count). The van der Waals surface area contributed by atoms with Gasteiger partial charge < -0.3 is 10.0 Å². The third-order valence-corrected chi connectivity index (χ3v) is 3.88. The molecule has 0 saturated carbocycles. The van der Waals surface area contributed by atoms with Crippen molar-refractivity contribution in [2.75, 3.05) is 19.0 Å². The van der Waals surface area contributed by atoms with Crippen molar-refractivity contribution >= 4 is 5.69 Å². The van der Waals surface area contributed by atoms with Crippen LogP contribution in [-0.2, 0) is 5.60 Å². The van der Waals surface area contributed by atoms with Gasteiger partial charge in [0.1, 0.15) is 5.82 Å². The zero-order valence-corrected chi connectivity index (χ0v) is 13.3. The molecule has 0 aliphatic carbocycles. The Labute approximate surface area is 140 Å². The summed E-state index contributed by atoms with van der Waals surface area (Å²) in [4.78, 5) is 1.59. The number of benzene rings is 2. The fourth-order valence-corrected chi connectivity index (χ4v) is 2.47. The number of nitrogens with zero attached hydrogens (tertiary/aromatic N) is 1. The molecule has 0 aromatic heterocycles. The smallest absolute Gasteiger partial charge is 0.378 e. The summed E-state index contributed by atoms with van der Waals surface area (Å²) in [7, 11) is 3.28. The Hall–Kier alpha value is -2.22. The van der Waals surface area contributed by atoms with Gasteiger partial charge in [0, 0.05) is 25.3 Å². The molecule has 1 unspecified atom stereocenters. The van der Waals surface area contributed by atoms with Crippen LogP contribution in [-0.4, -0.2) is 31.3 Å². The number of rotatable bonds is 4. The molecular weight excluding hydrogens is 348 g/mol. The summed E-state index contributed by atoms with van der Waals surface area (Å²) in [6.45, 7) is 0. The molecule has 1 atom stereocenters. The zero-order valence-electron chi connectivity index (χ0n) is 13.3. The molecule has 0 amide bonds. The normalized spacial score (nSPS) is 14.9. The van der Waals surface area contributed by atoms with Crippen LogP contribution in [0.1, 0.15) is 11.1 Å². The number of hydrogen-bond acceptors (Lipinski definition) is 2. The van der Waals surface area contributed by atoms with Crippen molar-refractivity contribution in [2.24, 2.45) is 0 Å². The Kier molecular flexibility index (Phi) is 4.78. The number of hydrogen-bond donors (Lipinski definition) is 1. The molecule has 136 valence electrons. The Morgan fingerprint density at radius 3 is 1.80 bits per heavy atom. The molecule has 2 aromatic carbocycles. The summed E-state index contributed by atoms with van der Waals surface area (Å²) in [5.41, 5.74) is -5.34. The molecule has 0 bridgehead atoms. The molecule has 0 aliphatic rings. The SMILES string of the molecule is CN(C)c1ccc(C(O)(c2ccccc2F)C(F)(F)C(F)(F)F)cc1. The maximum Gasteiger partial charge on any atom is 0.457 e. The Balaban J connectivity index is 2.76. The van der Waals surface area contributed by atoms with Crippen molar-refractivity contribution in [1.29, 1.82) is 0 Å². The number of anilines is 1. The summed E-state index contributed by atoms with van der Waals surface area (Å²) < 4.78 is 81.5. The third kappa shape index (κ3) is 3.06. The Bertz CT molecular complexity index is 742. The van der Waals surface area contributed by atoms with Crippen molar-refractivity contribution in [2.45, 2.75) is 17.7 Å². The molecular formula is C17H15F6NO. The molecule has 0 saturated heterocycles. The van der Waals surface area contributed by atoms with E-state index in [2.05, 4.69) is 0 Å². The molecule has 2 aromatic rings. The van der Waals surface area contributed by atoms with E-state index in [1.54, 1.807) is 19.0 Å². The van der Waals surface area contributed by atoms with Crippen LogP contribution in [0.15, 0.2) is 48.5 Å². The summed E-state index contributed by atoms with van der Waals surface area (Å²) >= 11 is 0. The first-order valence-corrected chi connectivity index (χ1v) is 7.12. The van der Waals surface area contributed by atoms with Crippen LogP contribution in [0.2, 0.25) is 0 Å².